The maximum Gasteiger partial charge on any atom is 0.349 e. The van der Waals surface area contributed by atoms with E-state index in [1.807, 2.05) is 0 Å². The molecule has 0 bridgehead atoms. The van der Waals surface area contributed by atoms with Crippen molar-refractivity contribution < 1.29 is 19.1 Å². The zero-order valence-corrected chi connectivity index (χ0v) is 15.7. The Morgan fingerprint density at radius 3 is 2.75 bits per heavy atom. The Kier molecular flexibility index (Phi) is 7.43. The second-order valence-corrected chi connectivity index (χ2v) is 5.98. The van der Waals surface area contributed by atoms with Gasteiger partial charge in [-0.15, -0.1) is 0 Å². The first-order valence-corrected chi connectivity index (χ1v) is 8.67. The molecule has 0 radical (unpaired) electrons. The van der Waals surface area contributed by atoms with Crippen LogP contribution in [0.15, 0.2) is 23.4 Å². The van der Waals surface area contributed by atoms with Crippen molar-refractivity contribution in [3.63, 3.8) is 0 Å². The highest BCUT2D eigenvalue weighted by Crippen LogP contribution is 2.08. The highest BCUT2D eigenvalue weighted by Gasteiger charge is 2.09. The van der Waals surface area contributed by atoms with E-state index < -0.39 is 17.6 Å². The predicted molar refractivity (Wildman–Crippen MR) is 99.6 cm³/mol. The third kappa shape index (κ3) is 6.67. The fourth-order valence-corrected chi connectivity index (χ4v) is 2.37. The first-order chi connectivity index (χ1) is 13.3. The predicted octanol–water partition coefficient (Wildman–Crippen LogP) is 0.585. The Labute approximate surface area is 160 Å². The van der Waals surface area contributed by atoms with Crippen molar-refractivity contribution >= 4 is 29.6 Å². The van der Waals surface area contributed by atoms with Crippen molar-refractivity contribution in [3.8, 4) is 0 Å². The molecule has 3 N–H and O–H groups in total. The summed E-state index contributed by atoms with van der Waals surface area (Å²) in [7, 11) is 0. The first-order valence-electron chi connectivity index (χ1n) is 8.67. The van der Waals surface area contributed by atoms with Crippen LogP contribution in [0.25, 0.3) is 0 Å². The van der Waals surface area contributed by atoms with Crippen molar-refractivity contribution in [2.45, 2.75) is 39.7 Å². The summed E-state index contributed by atoms with van der Waals surface area (Å²) in [5.41, 5.74) is 0.241. The van der Waals surface area contributed by atoms with Gasteiger partial charge in [0.15, 0.2) is 0 Å². The van der Waals surface area contributed by atoms with Crippen molar-refractivity contribution in [1.82, 2.24) is 19.5 Å². The van der Waals surface area contributed by atoms with Gasteiger partial charge in [0.05, 0.1) is 0 Å². The van der Waals surface area contributed by atoms with E-state index in [1.165, 1.54) is 10.8 Å². The number of hydrogen-bond acceptors (Lipinski definition) is 8. The van der Waals surface area contributed by atoms with E-state index in [1.54, 1.807) is 19.3 Å². The number of imidazole rings is 1. The molecule has 0 fully saturated rings. The Morgan fingerprint density at radius 2 is 2.07 bits per heavy atom. The largest absolute Gasteiger partial charge is 0.393 e. The summed E-state index contributed by atoms with van der Waals surface area (Å²) in [6.07, 6.45) is 5.29. The minimum Gasteiger partial charge on any atom is -0.393 e. The van der Waals surface area contributed by atoms with Gasteiger partial charge in [0.1, 0.15) is 5.82 Å². The molecule has 0 saturated heterocycles. The number of nitrogens with one attached hydrogen (secondary N) is 3. The summed E-state index contributed by atoms with van der Waals surface area (Å²) < 4.78 is 5.81. The molecule has 2 rings (SSSR count). The molecule has 0 aliphatic heterocycles. The number of carbonyl (C=O) groups is 3. The van der Waals surface area contributed by atoms with Crippen molar-refractivity contribution in [2.75, 3.05) is 17.2 Å². The van der Waals surface area contributed by atoms with Crippen molar-refractivity contribution in [1.29, 1.82) is 0 Å². The summed E-state index contributed by atoms with van der Waals surface area (Å²) in [5, 5.41) is 5.56. The fraction of sp³-hybridized carbons (Fsp3) is 0.412. The topological polar surface area (TPSA) is 148 Å². The number of rotatable bonds is 9. The van der Waals surface area contributed by atoms with Gasteiger partial charge in [-0.2, -0.15) is 4.98 Å². The molecule has 2 aromatic heterocycles. The van der Waals surface area contributed by atoms with Crippen LogP contribution in [-0.4, -0.2) is 43.9 Å². The molecule has 2 aromatic rings. The molecule has 1 amide bonds. The Balaban J connectivity index is 1.82. The Hall–Kier alpha value is -3.50. The molecule has 150 valence electrons. The molecule has 11 nitrogen and oxygen atoms in total. The molecule has 2 heterocycles. The number of esters is 2. The maximum atomic E-state index is 12.1. The molecule has 28 heavy (non-hydrogen) atoms. The lowest BCUT2D eigenvalue weighted by Crippen LogP contribution is -2.26. The molecule has 0 aromatic carbocycles. The van der Waals surface area contributed by atoms with Crippen LogP contribution in [0, 0.1) is 6.92 Å². The van der Waals surface area contributed by atoms with E-state index in [4.69, 9.17) is 0 Å². The minimum atomic E-state index is -0.659. The van der Waals surface area contributed by atoms with Crippen LogP contribution in [0.5, 0.6) is 0 Å². The van der Waals surface area contributed by atoms with Crippen molar-refractivity contribution in [3.05, 3.63) is 34.6 Å². The van der Waals surface area contributed by atoms with Gasteiger partial charge in [-0.25, -0.2) is 9.78 Å². The number of aromatic nitrogens is 4. The van der Waals surface area contributed by atoms with Crippen LogP contribution in [0.3, 0.4) is 0 Å². The number of carbonyl (C=O) groups excluding carboxylic acids is 3. The molecular formula is C17H22N6O5. The van der Waals surface area contributed by atoms with Crippen LogP contribution in [0.1, 0.15) is 31.7 Å². The monoisotopic (exact) mass is 390 g/mol. The normalized spacial score (nSPS) is 10.4. The van der Waals surface area contributed by atoms with Crippen LogP contribution in [-0.2, 0) is 25.7 Å². The van der Waals surface area contributed by atoms with E-state index in [-0.39, 0.29) is 25.3 Å². The van der Waals surface area contributed by atoms with Crippen LogP contribution < -0.4 is 16.3 Å². The molecule has 0 aliphatic rings. The van der Waals surface area contributed by atoms with E-state index in [0.29, 0.717) is 24.7 Å². The lowest BCUT2D eigenvalue weighted by molar-refractivity contribution is -0.158. The summed E-state index contributed by atoms with van der Waals surface area (Å²) >= 11 is 0. The molecule has 0 spiro atoms. The van der Waals surface area contributed by atoms with Gasteiger partial charge >= 0.3 is 17.6 Å². The third-order valence-corrected chi connectivity index (χ3v) is 3.61. The zero-order chi connectivity index (χ0) is 20.5. The summed E-state index contributed by atoms with van der Waals surface area (Å²) in [6.45, 7) is 3.49. The lowest BCUT2D eigenvalue weighted by Gasteiger charge is -2.11. The highest BCUT2D eigenvalue weighted by atomic mass is 16.6. The number of aromatic amines is 1. The first kappa shape index (κ1) is 20.8. The molecular weight excluding hydrogens is 368 g/mol. The Bertz CT molecular complexity index is 890. The van der Waals surface area contributed by atoms with Gasteiger partial charge in [-0.1, -0.05) is 0 Å². The number of H-pyrrole nitrogens is 1. The Morgan fingerprint density at radius 1 is 1.29 bits per heavy atom. The van der Waals surface area contributed by atoms with E-state index in [0.717, 1.165) is 12.5 Å². The van der Waals surface area contributed by atoms with Gasteiger partial charge in [0, 0.05) is 57.0 Å². The van der Waals surface area contributed by atoms with Gasteiger partial charge in [-0.3, -0.25) is 24.3 Å². The lowest BCUT2D eigenvalue weighted by atomic mass is 10.3. The average Bonchev–Trinajstić information content (AvgIpc) is 3.11. The molecule has 0 saturated carbocycles. The second-order valence-electron chi connectivity index (χ2n) is 5.98. The number of amides is 1. The summed E-state index contributed by atoms with van der Waals surface area (Å²) in [5.74, 6) is -0.757. The zero-order valence-electron chi connectivity index (χ0n) is 15.7. The second kappa shape index (κ2) is 10.00. The fourth-order valence-electron chi connectivity index (χ4n) is 2.37. The SMILES string of the molecule is CC(=O)OC(=O)CCCn1cc(C)c(NCCC(=O)Nc2ncc[nH]2)nc1=O. The summed E-state index contributed by atoms with van der Waals surface area (Å²) in [4.78, 5) is 56.5. The standard InChI is InChI=1S/C17H22N6O5/c1-11-10-23(9-3-4-14(26)28-12(2)24)17(27)22-15(11)18-6-5-13(25)21-16-19-7-8-20-16/h7-8,10H,3-6,9H2,1-2H3,(H,18,22,27)(H2,19,20,21,25). The van der Waals surface area contributed by atoms with Crippen LogP contribution in [0.4, 0.5) is 11.8 Å². The molecule has 0 atom stereocenters. The number of nitrogens with zero attached hydrogens (tertiary/aromatic N) is 3. The minimum absolute atomic E-state index is 0.0237. The van der Waals surface area contributed by atoms with Gasteiger partial charge in [0.25, 0.3) is 0 Å². The summed E-state index contributed by atoms with van der Waals surface area (Å²) in [6, 6.07) is 0. The van der Waals surface area contributed by atoms with Gasteiger partial charge < -0.3 is 15.0 Å². The number of aryl methyl sites for hydroxylation is 2. The smallest absolute Gasteiger partial charge is 0.349 e. The van der Waals surface area contributed by atoms with Gasteiger partial charge in [0.2, 0.25) is 11.9 Å². The quantitative estimate of drug-likeness (QED) is 0.416. The van der Waals surface area contributed by atoms with Crippen LogP contribution in [0.2, 0.25) is 0 Å². The molecule has 0 aliphatic carbocycles. The van der Waals surface area contributed by atoms with Gasteiger partial charge in [-0.05, 0) is 13.3 Å². The van der Waals surface area contributed by atoms with Crippen LogP contribution >= 0.6 is 0 Å². The van der Waals surface area contributed by atoms with Crippen molar-refractivity contribution in [2.24, 2.45) is 0 Å². The molecule has 0 unspecified atom stereocenters. The number of ether oxygens (including phenoxy) is 1. The highest BCUT2D eigenvalue weighted by molar-refractivity contribution is 5.89. The molecule has 11 heteroatoms. The van der Waals surface area contributed by atoms with E-state index >= 15 is 0 Å². The number of anilines is 2. The number of hydrogen-bond donors (Lipinski definition) is 3. The van der Waals surface area contributed by atoms with E-state index in [2.05, 4.69) is 30.3 Å². The van der Waals surface area contributed by atoms with E-state index in [9.17, 15) is 19.2 Å². The third-order valence-electron chi connectivity index (χ3n) is 3.61. The average molecular weight is 390 g/mol. The maximum absolute atomic E-state index is 12.1.